The summed E-state index contributed by atoms with van der Waals surface area (Å²) in [6, 6.07) is 8.62. The van der Waals surface area contributed by atoms with Gasteiger partial charge in [-0.3, -0.25) is 14.6 Å². The van der Waals surface area contributed by atoms with Crippen LogP contribution >= 0.6 is 0 Å². The Kier molecular flexibility index (Phi) is 5.60. The second-order valence-corrected chi connectivity index (χ2v) is 7.14. The Balaban J connectivity index is 1.52. The third-order valence-electron chi connectivity index (χ3n) is 5.07. The highest BCUT2D eigenvalue weighted by atomic mass is 16.5. The second kappa shape index (κ2) is 8.45. The Hall–Kier alpha value is -2.51. The van der Waals surface area contributed by atoms with Gasteiger partial charge in [0.15, 0.2) is 5.76 Å². The number of hydrogen-bond acceptors (Lipinski definition) is 6. The van der Waals surface area contributed by atoms with E-state index in [-0.39, 0.29) is 0 Å². The van der Waals surface area contributed by atoms with Gasteiger partial charge in [-0.25, -0.2) is 0 Å². The van der Waals surface area contributed by atoms with Crippen LogP contribution in [0.2, 0.25) is 0 Å². The standard InChI is InChI=1S/C20H26N6O/c1-25-13-16(12-23-25)20-11-19(27-24-20)15-26(14-17-5-2-3-9-22-17)18-6-4-8-21-10-7-18/h2-3,5,9,11-13,18,21H,4,6-8,10,14-15H2,1H3. The summed E-state index contributed by atoms with van der Waals surface area (Å²) in [5.41, 5.74) is 2.89. The molecule has 1 N–H and O–H groups in total. The van der Waals surface area contributed by atoms with Gasteiger partial charge < -0.3 is 9.84 Å². The van der Waals surface area contributed by atoms with Crippen LogP contribution in [-0.4, -0.2) is 44.0 Å². The van der Waals surface area contributed by atoms with Crippen molar-refractivity contribution >= 4 is 0 Å². The summed E-state index contributed by atoms with van der Waals surface area (Å²) in [4.78, 5) is 6.99. The van der Waals surface area contributed by atoms with Crippen LogP contribution in [0.15, 0.2) is 47.4 Å². The molecule has 1 saturated heterocycles. The number of nitrogens with zero attached hydrogens (tertiary/aromatic N) is 5. The summed E-state index contributed by atoms with van der Waals surface area (Å²) in [6.07, 6.45) is 9.13. The summed E-state index contributed by atoms with van der Waals surface area (Å²) in [5.74, 6) is 0.877. The highest BCUT2D eigenvalue weighted by Gasteiger charge is 2.22. The molecule has 0 saturated carbocycles. The summed E-state index contributed by atoms with van der Waals surface area (Å²) in [6.45, 7) is 3.70. The Bertz CT molecular complexity index is 835. The lowest BCUT2D eigenvalue weighted by atomic mass is 10.1. The highest BCUT2D eigenvalue weighted by molar-refractivity contribution is 5.56. The monoisotopic (exact) mass is 366 g/mol. The van der Waals surface area contributed by atoms with Crippen molar-refractivity contribution in [3.05, 3.63) is 54.3 Å². The zero-order valence-corrected chi connectivity index (χ0v) is 15.7. The van der Waals surface area contributed by atoms with Crippen LogP contribution < -0.4 is 5.32 Å². The van der Waals surface area contributed by atoms with Gasteiger partial charge >= 0.3 is 0 Å². The minimum atomic E-state index is 0.508. The molecule has 27 heavy (non-hydrogen) atoms. The summed E-state index contributed by atoms with van der Waals surface area (Å²) in [7, 11) is 1.90. The van der Waals surface area contributed by atoms with Gasteiger partial charge in [0.05, 0.1) is 18.4 Å². The SMILES string of the molecule is Cn1cc(-c2cc(CN(Cc3ccccn3)C3CCCNCC3)on2)cn1. The van der Waals surface area contributed by atoms with Crippen LogP contribution in [0.3, 0.4) is 0 Å². The lowest BCUT2D eigenvalue weighted by Gasteiger charge is -2.29. The maximum atomic E-state index is 5.65. The molecule has 0 spiro atoms. The molecule has 1 atom stereocenters. The third kappa shape index (κ3) is 4.61. The minimum absolute atomic E-state index is 0.508. The Morgan fingerprint density at radius 3 is 3.04 bits per heavy atom. The first-order chi connectivity index (χ1) is 13.3. The van der Waals surface area contributed by atoms with Crippen molar-refractivity contribution in [2.24, 2.45) is 7.05 Å². The van der Waals surface area contributed by atoms with Crippen LogP contribution in [0.5, 0.6) is 0 Å². The van der Waals surface area contributed by atoms with Crippen molar-refractivity contribution in [1.29, 1.82) is 0 Å². The van der Waals surface area contributed by atoms with Gasteiger partial charge in [0.1, 0.15) is 5.69 Å². The Morgan fingerprint density at radius 2 is 2.22 bits per heavy atom. The largest absolute Gasteiger partial charge is 0.359 e. The predicted octanol–water partition coefficient (Wildman–Crippen LogP) is 2.61. The fraction of sp³-hybridized carbons (Fsp3) is 0.450. The van der Waals surface area contributed by atoms with E-state index in [1.165, 1.54) is 12.8 Å². The zero-order valence-electron chi connectivity index (χ0n) is 15.7. The van der Waals surface area contributed by atoms with Crippen molar-refractivity contribution in [1.82, 2.24) is 30.1 Å². The van der Waals surface area contributed by atoms with E-state index in [2.05, 4.69) is 31.5 Å². The Morgan fingerprint density at radius 1 is 1.26 bits per heavy atom. The topological polar surface area (TPSA) is 72.0 Å². The van der Waals surface area contributed by atoms with Crippen molar-refractivity contribution in [2.45, 2.75) is 38.4 Å². The normalized spacial score (nSPS) is 17.9. The van der Waals surface area contributed by atoms with E-state index < -0.39 is 0 Å². The smallest absolute Gasteiger partial charge is 0.151 e. The molecular formula is C20H26N6O. The number of pyridine rings is 1. The van der Waals surface area contributed by atoms with Crippen LogP contribution in [0.25, 0.3) is 11.3 Å². The van der Waals surface area contributed by atoms with Crippen LogP contribution in [0, 0.1) is 0 Å². The van der Waals surface area contributed by atoms with Gasteiger partial charge in [-0.2, -0.15) is 5.10 Å². The molecule has 4 rings (SSSR count). The van der Waals surface area contributed by atoms with Gasteiger partial charge in [0.25, 0.3) is 0 Å². The van der Waals surface area contributed by atoms with E-state index in [1.807, 2.05) is 43.8 Å². The second-order valence-electron chi connectivity index (χ2n) is 7.14. The number of nitrogens with one attached hydrogen (secondary N) is 1. The molecule has 7 heteroatoms. The van der Waals surface area contributed by atoms with Crippen molar-refractivity contribution < 1.29 is 4.52 Å². The zero-order chi connectivity index (χ0) is 18.5. The molecule has 4 heterocycles. The number of aryl methyl sites for hydroxylation is 1. The quantitative estimate of drug-likeness (QED) is 0.723. The van der Waals surface area contributed by atoms with Gasteiger partial charge in [-0.1, -0.05) is 11.2 Å². The van der Waals surface area contributed by atoms with Crippen molar-refractivity contribution in [3.63, 3.8) is 0 Å². The number of rotatable bonds is 6. The molecule has 0 aliphatic carbocycles. The third-order valence-corrected chi connectivity index (χ3v) is 5.07. The van der Waals surface area contributed by atoms with E-state index in [9.17, 15) is 0 Å². The molecule has 1 aliphatic rings. The van der Waals surface area contributed by atoms with E-state index >= 15 is 0 Å². The molecule has 142 valence electrons. The van der Waals surface area contributed by atoms with Gasteiger partial charge in [-0.15, -0.1) is 0 Å². The van der Waals surface area contributed by atoms with E-state index in [4.69, 9.17) is 4.52 Å². The van der Waals surface area contributed by atoms with Crippen molar-refractivity contribution in [3.8, 4) is 11.3 Å². The first-order valence-corrected chi connectivity index (χ1v) is 9.57. The summed E-state index contributed by atoms with van der Waals surface area (Å²) < 4.78 is 7.43. The molecule has 3 aromatic rings. The van der Waals surface area contributed by atoms with E-state index in [1.54, 1.807) is 4.68 Å². The molecule has 1 aliphatic heterocycles. The highest BCUT2D eigenvalue weighted by Crippen LogP contribution is 2.23. The Labute approximate surface area is 159 Å². The lowest BCUT2D eigenvalue weighted by Crippen LogP contribution is -2.35. The minimum Gasteiger partial charge on any atom is -0.359 e. The summed E-state index contributed by atoms with van der Waals surface area (Å²) >= 11 is 0. The van der Waals surface area contributed by atoms with Gasteiger partial charge in [0, 0.05) is 43.7 Å². The molecule has 0 bridgehead atoms. The molecule has 3 aromatic heterocycles. The average molecular weight is 366 g/mol. The average Bonchev–Trinajstić information content (AvgIpc) is 3.23. The fourth-order valence-corrected chi connectivity index (χ4v) is 3.66. The van der Waals surface area contributed by atoms with Gasteiger partial charge in [0.2, 0.25) is 0 Å². The molecule has 1 unspecified atom stereocenters. The molecule has 0 radical (unpaired) electrons. The fourth-order valence-electron chi connectivity index (χ4n) is 3.66. The molecular weight excluding hydrogens is 340 g/mol. The maximum absolute atomic E-state index is 5.65. The van der Waals surface area contributed by atoms with E-state index in [0.717, 1.165) is 55.3 Å². The number of hydrogen-bond donors (Lipinski definition) is 1. The maximum Gasteiger partial charge on any atom is 0.151 e. The lowest BCUT2D eigenvalue weighted by molar-refractivity contribution is 0.145. The number of aromatic nitrogens is 4. The molecule has 1 fully saturated rings. The first kappa shape index (κ1) is 17.9. The van der Waals surface area contributed by atoms with Gasteiger partial charge in [-0.05, 0) is 44.5 Å². The molecule has 7 nitrogen and oxygen atoms in total. The van der Waals surface area contributed by atoms with E-state index in [0.29, 0.717) is 6.04 Å². The van der Waals surface area contributed by atoms with Crippen LogP contribution in [-0.2, 0) is 20.1 Å². The van der Waals surface area contributed by atoms with Crippen molar-refractivity contribution in [2.75, 3.05) is 13.1 Å². The molecule has 0 amide bonds. The molecule has 0 aromatic carbocycles. The summed E-state index contributed by atoms with van der Waals surface area (Å²) in [5, 5.41) is 12.0. The predicted molar refractivity (Wildman–Crippen MR) is 103 cm³/mol. The van der Waals surface area contributed by atoms with Crippen LogP contribution in [0.1, 0.15) is 30.7 Å². The first-order valence-electron chi connectivity index (χ1n) is 9.57. The van der Waals surface area contributed by atoms with Crippen LogP contribution in [0.4, 0.5) is 0 Å².